The summed E-state index contributed by atoms with van der Waals surface area (Å²) in [5, 5.41) is 11.0. The molecule has 2 rings (SSSR count). The molecule has 0 bridgehead atoms. The summed E-state index contributed by atoms with van der Waals surface area (Å²) in [7, 11) is -3.68. The number of aromatic hydroxyl groups is 1. The Kier molecular flexibility index (Phi) is 5.66. The Balaban J connectivity index is 2.13. The van der Waals surface area contributed by atoms with Gasteiger partial charge in [0.15, 0.2) is 9.84 Å². The third-order valence-electron chi connectivity index (χ3n) is 3.58. The van der Waals surface area contributed by atoms with Crippen molar-refractivity contribution in [3.63, 3.8) is 0 Å². The van der Waals surface area contributed by atoms with E-state index in [0.717, 1.165) is 10.0 Å². The van der Waals surface area contributed by atoms with Crippen LogP contribution in [-0.4, -0.2) is 24.7 Å². The maximum Gasteiger partial charge on any atom is 0.242 e. The van der Waals surface area contributed by atoms with Gasteiger partial charge in [0.2, 0.25) is 5.91 Å². The molecule has 1 unspecified atom stereocenters. The summed E-state index contributed by atoms with van der Waals surface area (Å²) < 4.78 is 25.7. The highest BCUT2D eigenvalue weighted by Crippen LogP contribution is 2.25. The van der Waals surface area contributed by atoms with Gasteiger partial charge < -0.3 is 10.4 Å². The minimum absolute atomic E-state index is 0.0973. The van der Waals surface area contributed by atoms with Crippen LogP contribution in [0, 0.1) is 6.92 Å². The molecule has 128 valence electrons. The molecule has 2 aromatic rings. The maximum absolute atomic E-state index is 12.4. The molecule has 0 saturated carbocycles. The fourth-order valence-corrected chi connectivity index (χ4v) is 3.85. The van der Waals surface area contributed by atoms with Crippen molar-refractivity contribution in [3.05, 3.63) is 58.1 Å². The molecule has 1 amide bonds. The van der Waals surface area contributed by atoms with Gasteiger partial charge in [-0.2, -0.15) is 0 Å². The average Bonchev–Trinajstić information content (AvgIpc) is 2.48. The zero-order chi connectivity index (χ0) is 17.9. The number of aryl methyl sites for hydroxylation is 1. The molecule has 7 heteroatoms. The summed E-state index contributed by atoms with van der Waals surface area (Å²) in [4.78, 5) is 12.2. The molecule has 24 heavy (non-hydrogen) atoms. The standard InChI is InChI=1S/C17H18BrNO4S/c1-11-6-7-15(16(20)8-11)19-17(21)12(2)24(22,23)10-13-4-3-5-14(18)9-13/h3-9,12,20H,10H2,1-2H3,(H,19,21). The van der Waals surface area contributed by atoms with Crippen LogP contribution in [0.2, 0.25) is 0 Å². The number of anilines is 1. The quantitative estimate of drug-likeness (QED) is 0.738. The van der Waals surface area contributed by atoms with E-state index in [0.29, 0.717) is 5.56 Å². The van der Waals surface area contributed by atoms with E-state index in [-0.39, 0.29) is 17.2 Å². The van der Waals surface area contributed by atoms with Crippen LogP contribution in [0.25, 0.3) is 0 Å². The van der Waals surface area contributed by atoms with E-state index in [2.05, 4.69) is 21.2 Å². The molecule has 0 aliphatic heterocycles. The van der Waals surface area contributed by atoms with Gasteiger partial charge >= 0.3 is 0 Å². The molecule has 0 fully saturated rings. The predicted molar refractivity (Wildman–Crippen MR) is 97.7 cm³/mol. The van der Waals surface area contributed by atoms with E-state index in [1.165, 1.54) is 19.1 Å². The summed E-state index contributed by atoms with van der Waals surface area (Å²) in [6, 6.07) is 11.7. The van der Waals surface area contributed by atoms with Crippen LogP contribution in [0.1, 0.15) is 18.1 Å². The molecule has 2 aromatic carbocycles. The fraction of sp³-hybridized carbons (Fsp3) is 0.235. The third kappa shape index (κ3) is 4.58. The van der Waals surface area contributed by atoms with Crippen molar-refractivity contribution in [3.8, 4) is 5.75 Å². The molecular formula is C17H18BrNO4S. The van der Waals surface area contributed by atoms with Gasteiger partial charge in [0.1, 0.15) is 11.0 Å². The first kappa shape index (κ1) is 18.5. The van der Waals surface area contributed by atoms with Crippen molar-refractivity contribution in [2.45, 2.75) is 24.9 Å². The molecule has 0 saturated heterocycles. The number of phenols is 1. The summed E-state index contributed by atoms with van der Waals surface area (Å²) in [6.45, 7) is 3.14. The van der Waals surface area contributed by atoms with Gasteiger partial charge in [0, 0.05) is 4.47 Å². The number of hydrogen-bond donors (Lipinski definition) is 2. The van der Waals surface area contributed by atoms with Crippen LogP contribution in [0.15, 0.2) is 46.9 Å². The van der Waals surface area contributed by atoms with E-state index >= 15 is 0 Å². The number of phenolic OH excluding ortho intramolecular Hbond substituents is 1. The van der Waals surface area contributed by atoms with Crippen LogP contribution >= 0.6 is 15.9 Å². The lowest BCUT2D eigenvalue weighted by Gasteiger charge is -2.14. The van der Waals surface area contributed by atoms with Gasteiger partial charge in [-0.15, -0.1) is 0 Å². The van der Waals surface area contributed by atoms with Gasteiger partial charge in [-0.05, 0) is 49.2 Å². The van der Waals surface area contributed by atoms with Crippen LogP contribution in [0.3, 0.4) is 0 Å². The average molecular weight is 412 g/mol. The highest BCUT2D eigenvalue weighted by Gasteiger charge is 2.28. The first-order chi connectivity index (χ1) is 11.2. The SMILES string of the molecule is Cc1ccc(NC(=O)C(C)S(=O)(=O)Cc2cccc(Br)c2)c(O)c1. The third-order valence-corrected chi connectivity index (χ3v) is 6.10. The molecule has 0 aromatic heterocycles. The normalized spacial score (nSPS) is 12.6. The van der Waals surface area contributed by atoms with E-state index in [1.807, 2.05) is 0 Å². The topological polar surface area (TPSA) is 83.5 Å². The van der Waals surface area contributed by atoms with Crippen LogP contribution in [-0.2, 0) is 20.4 Å². The summed E-state index contributed by atoms with van der Waals surface area (Å²) in [5.74, 6) is -1.01. The van der Waals surface area contributed by atoms with Crippen molar-refractivity contribution in [2.75, 3.05) is 5.32 Å². The molecule has 0 spiro atoms. The number of hydrogen-bond acceptors (Lipinski definition) is 4. The summed E-state index contributed by atoms with van der Waals surface area (Å²) in [6.07, 6.45) is 0. The number of sulfone groups is 1. The minimum Gasteiger partial charge on any atom is -0.506 e. The van der Waals surface area contributed by atoms with Crippen LogP contribution in [0.4, 0.5) is 5.69 Å². The molecule has 0 heterocycles. The Bertz CT molecular complexity index is 865. The van der Waals surface area contributed by atoms with Crippen molar-refractivity contribution in [1.29, 1.82) is 0 Å². The van der Waals surface area contributed by atoms with Crippen LogP contribution < -0.4 is 5.32 Å². The smallest absolute Gasteiger partial charge is 0.242 e. The van der Waals surface area contributed by atoms with Gasteiger partial charge in [-0.25, -0.2) is 8.42 Å². The number of nitrogens with one attached hydrogen (secondary N) is 1. The molecular weight excluding hydrogens is 394 g/mol. The Hall–Kier alpha value is -1.86. The van der Waals surface area contributed by atoms with Gasteiger partial charge in [-0.1, -0.05) is 34.1 Å². The zero-order valence-electron chi connectivity index (χ0n) is 13.3. The molecule has 2 N–H and O–H groups in total. The lowest BCUT2D eigenvalue weighted by molar-refractivity contribution is -0.115. The van der Waals surface area contributed by atoms with Crippen molar-refractivity contribution >= 4 is 37.4 Å². The number of carbonyl (C=O) groups excluding carboxylic acids is 1. The Labute approximate surface area is 149 Å². The van der Waals surface area contributed by atoms with Crippen molar-refractivity contribution < 1.29 is 18.3 Å². The number of halogens is 1. The monoisotopic (exact) mass is 411 g/mol. The Morgan fingerprint density at radius 3 is 2.58 bits per heavy atom. The fourth-order valence-electron chi connectivity index (χ4n) is 2.13. The predicted octanol–water partition coefficient (Wildman–Crippen LogP) is 3.41. The number of amides is 1. The first-order valence-electron chi connectivity index (χ1n) is 7.25. The lowest BCUT2D eigenvalue weighted by atomic mass is 10.2. The van der Waals surface area contributed by atoms with Gasteiger partial charge in [-0.3, -0.25) is 4.79 Å². The van der Waals surface area contributed by atoms with Crippen LogP contribution in [0.5, 0.6) is 5.75 Å². The Morgan fingerprint density at radius 2 is 1.96 bits per heavy atom. The highest BCUT2D eigenvalue weighted by molar-refractivity contribution is 9.10. The Morgan fingerprint density at radius 1 is 1.25 bits per heavy atom. The lowest BCUT2D eigenvalue weighted by Crippen LogP contribution is -2.33. The summed E-state index contributed by atoms with van der Waals surface area (Å²) in [5.41, 5.74) is 1.62. The first-order valence-corrected chi connectivity index (χ1v) is 9.76. The minimum atomic E-state index is -3.68. The zero-order valence-corrected chi connectivity index (χ0v) is 15.7. The van der Waals surface area contributed by atoms with E-state index < -0.39 is 21.0 Å². The van der Waals surface area contributed by atoms with E-state index in [1.54, 1.807) is 37.3 Å². The van der Waals surface area contributed by atoms with Crippen molar-refractivity contribution in [1.82, 2.24) is 0 Å². The molecule has 0 aliphatic carbocycles. The van der Waals surface area contributed by atoms with Crippen molar-refractivity contribution in [2.24, 2.45) is 0 Å². The second-order valence-corrected chi connectivity index (χ2v) is 8.83. The van der Waals surface area contributed by atoms with E-state index in [9.17, 15) is 18.3 Å². The number of carbonyl (C=O) groups is 1. The highest BCUT2D eigenvalue weighted by atomic mass is 79.9. The maximum atomic E-state index is 12.4. The largest absolute Gasteiger partial charge is 0.506 e. The summed E-state index contributed by atoms with van der Waals surface area (Å²) >= 11 is 3.29. The molecule has 5 nitrogen and oxygen atoms in total. The van der Waals surface area contributed by atoms with Gasteiger partial charge in [0.25, 0.3) is 0 Å². The molecule has 0 radical (unpaired) electrons. The van der Waals surface area contributed by atoms with E-state index in [4.69, 9.17) is 0 Å². The number of benzene rings is 2. The molecule has 0 aliphatic rings. The second kappa shape index (κ2) is 7.36. The second-order valence-electron chi connectivity index (χ2n) is 5.59. The number of rotatable bonds is 5. The van der Waals surface area contributed by atoms with Gasteiger partial charge in [0.05, 0.1) is 11.4 Å². The molecule has 1 atom stereocenters.